The van der Waals surface area contributed by atoms with Crippen molar-refractivity contribution in [1.82, 2.24) is 4.90 Å². The summed E-state index contributed by atoms with van der Waals surface area (Å²) in [7, 11) is -2.80. The molecule has 1 unspecified atom stereocenters. The zero-order valence-corrected chi connectivity index (χ0v) is 12.1. The Kier molecular flexibility index (Phi) is 3.56. The van der Waals surface area contributed by atoms with Gasteiger partial charge in [-0.1, -0.05) is 13.8 Å². The van der Waals surface area contributed by atoms with Crippen LogP contribution >= 0.6 is 0 Å². The molecule has 1 saturated carbocycles. The predicted molar refractivity (Wildman–Crippen MR) is 70.8 cm³/mol. The molecule has 0 bridgehead atoms. The van der Waals surface area contributed by atoms with Gasteiger partial charge in [0.2, 0.25) is 0 Å². The molecule has 0 aromatic rings. The maximum absolute atomic E-state index is 11.1. The van der Waals surface area contributed by atoms with E-state index in [0.717, 1.165) is 31.5 Å². The van der Waals surface area contributed by atoms with Crippen LogP contribution in [0.1, 0.15) is 33.1 Å². The molecular formula is C13H25NO2S. The Hall–Kier alpha value is -0.0900. The molecule has 1 atom stereocenters. The Bertz CT molecular complexity index is 369. The fourth-order valence-corrected chi connectivity index (χ4v) is 4.05. The quantitative estimate of drug-likeness (QED) is 0.772. The van der Waals surface area contributed by atoms with Gasteiger partial charge in [-0.3, -0.25) is 0 Å². The van der Waals surface area contributed by atoms with Crippen molar-refractivity contribution in [2.45, 2.75) is 33.1 Å². The molecule has 2 fully saturated rings. The van der Waals surface area contributed by atoms with Crippen LogP contribution in [0.4, 0.5) is 0 Å². The predicted octanol–water partition coefficient (Wildman–Crippen LogP) is 1.79. The highest BCUT2D eigenvalue weighted by Gasteiger charge is 2.48. The molecule has 100 valence electrons. The first-order chi connectivity index (χ1) is 7.80. The molecule has 0 aromatic heterocycles. The summed E-state index contributed by atoms with van der Waals surface area (Å²) < 4.78 is 22.2. The van der Waals surface area contributed by atoms with E-state index in [-0.39, 0.29) is 0 Å². The van der Waals surface area contributed by atoms with Crippen molar-refractivity contribution in [3.63, 3.8) is 0 Å². The summed E-state index contributed by atoms with van der Waals surface area (Å²) in [6.07, 6.45) is 5.41. The van der Waals surface area contributed by atoms with Gasteiger partial charge in [-0.25, -0.2) is 8.42 Å². The van der Waals surface area contributed by atoms with E-state index in [9.17, 15) is 8.42 Å². The highest BCUT2D eigenvalue weighted by atomic mass is 32.2. The topological polar surface area (TPSA) is 37.4 Å². The Balaban J connectivity index is 1.76. The lowest BCUT2D eigenvalue weighted by Crippen LogP contribution is -2.56. The Morgan fingerprint density at radius 3 is 2.47 bits per heavy atom. The number of nitrogens with zero attached hydrogens (tertiary/aromatic N) is 1. The maximum Gasteiger partial charge on any atom is 0.148 e. The average molecular weight is 259 g/mol. The van der Waals surface area contributed by atoms with Crippen molar-refractivity contribution in [1.29, 1.82) is 0 Å². The molecule has 17 heavy (non-hydrogen) atoms. The highest BCUT2D eigenvalue weighted by molar-refractivity contribution is 7.90. The van der Waals surface area contributed by atoms with Crippen molar-refractivity contribution >= 4 is 9.84 Å². The molecule has 1 aliphatic heterocycles. The van der Waals surface area contributed by atoms with Gasteiger partial charge in [-0.2, -0.15) is 0 Å². The monoisotopic (exact) mass is 259 g/mol. The minimum Gasteiger partial charge on any atom is -0.301 e. The smallest absolute Gasteiger partial charge is 0.148 e. The molecule has 2 aliphatic rings. The van der Waals surface area contributed by atoms with Crippen LogP contribution in [0.2, 0.25) is 0 Å². The highest BCUT2D eigenvalue weighted by Crippen LogP contribution is 2.50. The lowest BCUT2D eigenvalue weighted by Gasteiger charge is -2.48. The molecule has 3 nitrogen and oxygen atoms in total. The molecule has 4 heteroatoms. The minimum atomic E-state index is -2.80. The molecule has 1 spiro atoms. The molecular weight excluding hydrogens is 234 g/mol. The summed E-state index contributed by atoms with van der Waals surface area (Å²) in [6.45, 7) is 7.64. The molecule has 0 aromatic carbocycles. The van der Waals surface area contributed by atoms with Crippen LogP contribution < -0.4 is 0 Å². The lowest BCUT2D eigenvalue weighted by atomic mass is 9.76. The normalized spacial score (nSPS) is 28.8. The number of sulfone groups is 1. The van der Waals surface area contributed by atoms with Gasteiger partial charge in [0.15, 0.2) is 0 Å². The SMILES string of the molecule is CC(C)C1CCC2(C1)CN(CCS(C)(=O)=O)C2. The zero-order valence-electron chi connectivity index (χ0n) is 11.3. The molecule has 0 radical (unpaired) electrons. The largest absolute Gasteiger partial charge is 0.301 e. The maximum atomic E-state index is 11.1. The molecule has 0 N–H and O–H groups in total. The first-order valence-corrected chi connectivity index (χ1v) is 8.76. The van der Waals surface area contributed by atoms with E-state index in [1.54, 1.807) is 0 Å². The van der Waals surface area contributed by atoms with Crippen LogP contribution in [-0.4, -0.2) is 45.0 Å². The molecule has 2 rings (SSSR count). The van der Waals surface area contributed by atoms with Crippen molar-refractivity contribution in [3.05, 3.63) is 0 Å². The number of hydrogen-bond donors (Lipinski definition) is 0. The van der Waals surface area contributed by atoms with Crippen LogP contribution in [-0.2, 0) is 9.84 Å². The van der Waals surface area contributed by atoms with E-state index in [1.165, 1.54) is 25.5 Å². The van der Waals surface area contributed by atoms with Crippen molar-refractivity contribution < 1.29 is 8.42 Å². The van der Waals surface area contributed by atoms with E-state index in [2.05, 4.69) is 18.7 Å². The second-order valence-electron chi connectivity index (χ2n) is 6.59. The Labute approximate surface area is 105 Å². The summed E-state index contributed by atoms with van der Waals surface area (Å²) in [5, 5.41) is 0. The van der Waals surface area contributed by atoms with Gasteiger partial charge in [0, 0.05) is 25.9 Å². The molecule has 1 heterocycles. The second-order valence-corrected chi connectivity index (χ2v) is 8.85. The Morgan fingerprint density at radius 1 is 1.35 bits per heavy atom. The van der Waals surface area contributed by atoms with E-state index < -0.39 is 9.84 Å². The van der Waals surface area contributed by atoms with Crippen LogP contribution in [0, 0.1) is 17.3 Å². The molecule has 1 aliphatic carbocycles. The number of hydrogen-bond acceptors (Lipinski definition) is 3. The fourth-order valence-electron chi connectivity index (χ4n) is 3.46. The first-order valence-electron chi connectivity index (χ1n) is 6.70. The fraction of sp³-hybridized carbons (Fsp3) is 1.00. The van der Waals surface area contributed by atoms with Gasteiger partial charge in [0.05, 0.1) is 5.75 Å². The summed E-state index contributed by atoms with van der Waals surface area (Å²) in [5.41, 5.74) is 0.548. The summed E-state index contributed by atoms with van der Waals surface area (Å²) in [5.74, 6) is 2.02. The van der Waals surface area contributed by atoms with Crippen LogP contribution in [0.3, 0.4) is 0 Å². The van der Waals surface area contributed by atoms with Gasteiger partial charge in [-0.15, -0.1) is 0 Å². The number of likely N-dealkylation sites (tertiary alicyclic amines) is 1. The summed E-state index contributed by atoms with van der Waals surface area (Å²) in [6, 6.07) is 0. The van der Waals surface area contributed by atoms with E-state index in [1.807, 2.05) is 0 Å². The summed E-state index contributed by atoms with van der Waals surface area (Å²) >= 11 is 0. The van der Waals surface area contributed by atoms with Gasteiger partial charge in [0.1, 0.15) is 9.84 Å². The lowest BCUT2D eigenvalue weighted by molar-refractivity contribution is 0.00640. The third-order valence-corrected chi connectivity index (χ3v) is 5.50. The minimum absolute atomic E-state index is 0.316. The van der Waals surface area contributed by atoms with Crippen LogP contribution in [0.25, 0.3) is 0 Å². The van der Waals surface area contributed by atoms with Crippen molar-refractivity contribution in [2.24, 2.45) is 17.3 Å². The standard InChI is InChI=1S/C13H25NO2S/c1-11(2)12-4-5-13(8-12)9-14(10-13)6-7-17(3,15)16/h11-12H,4-10H2,1-3H3. The van der Waals surface area contributed by atoms with Crippen molar-refractivity contribution in [2.75, 3.05) is 31.6 Å². The van der Waals surface area contributed by atoms with Gasteiger partial charge in [0.25, 0.3) is 0 Å². The number of rotatable bonds is 4. The summed E-state index contributed by atoms with van der Waals surface area (Å²) in [4.78, 5) is 2.31. The van der Waals surface area contributed by atoms with Crippen LogP contribution in [0.15, 0.2) is 0 Å². The second kappa shape index (κ2) is 4.54. The third kappa shape index (κ3) is 3.22. The van der Waals surface area contributed by atoms with Crippen molar-refractivity contribution in [3.8, 4) is 0 Å². The van der Waals surface area contributed by atoms with Gasteiger partial charge in [-0.05, 0) is 36.5 Å². The average Bonchev–Trinajstić information content (AvgIpc) is 2.56. The van der Waals surface area contributed by atoms with Gasteiger partial charge < -0.3 is 4.90 Å². The van der Waals surface area contributed by atoms with E-state index in [0.29, 0.717) is 11.2 Å². The first kappa shape index (κ1) is 13.3. The van der Waals surface area contributed by atoms with E-state index >= 15 is 0 Å². The van der Waals surface area contributed by atoms with E-state index in [4.69, 9.17) is 0 Å². The molecule has 1 saturated heterocycles. The Morgan fingerprint density at radius 2 is 2.00 bits per heavy atom. The van der Waals surface area contributed by atoms with Gasteiger partial charge >= 0.3 is 0 Å². The molecule has 0 amide bonds. The van der Waals surface area contributed by atoms with Crippen LogP contribution in [0.5, 0.6) is 0 Å². The third-order valence-electron chi connectivity index (χ3n) is 4.58. The zero-order chi connectivity index (χ0) is 12.7.